The summed E-state index contributed by atoms with van der Waals surface area (Å²) in [5.41, 5.74) is 0.341. The first kappa shape index (κ1) is 13.0. The minimum Gasteiger partial charge on any atom is -0.489 e. The molecule has 0 bridgehead atoms. The average Bonchev–Trinajstić information content (AvgIpc) is 2.23. The monoisotopic (exact) mass is 316 g/mol. The molecular weight excluding hydrogens is 309 g/mol. The SMILES string of the molecule is Fc1cc(F)cc(COc2cc(F)cc(Br)c2)c1. The van der Waals surface area contributed by atoms with Gasteiger partial charge in [-0.3, -0.25) is 0 Å². The van der Waals surface area contributed by atoms with Gasteiger partial charge in [-0.2, -0.15) is 0 Å². The normalized spacial score (nSPS) is 10.4. The van der Waals surface area contributed by atoms with E-state index in [0.29, 0.717) is 10.0 Å². The lowest BCUT2D eigenvalue weighted by molar-refractivity contribution is 0.303. The zero-order valence-electron chi connectivity index (χ0n) is 9.09. The van der Waals surface area contributed by atoms with E-state index in [1.807, 2.05) is 0 Å². The van der Waals surface area contributed by atoms with Crippen molar-refractivity contribution in [1.29, 1.82) is 0 Å². The lowest BCUT2D eigenvalue weighted by Gasteiger charge is -2.07. The van der Waals surface area contributed by atoms with Crippen LogP contribution in [-0.4, -0.2) is 0 Å². The molecule has 2 rings (SSSR count). The molecule has 5 heteroatoms. The van der Waals surface area contributed by atoms with E-state index in [4.69, 9.17) is 4.74 Å². The summed E-state index contributed by atoms with van der Waals surface area (Å²) >= 11 is 3.12. The summed E-state index contributed by atoms with van der Waals surface area (Å²) in [6.07, 6.45) is 0. The molecule has 0 heterocycles. The Bertz CT molecular complexity index is 480. The fourth-order valence-electron chi connectivity index (χ4n) is 1.47. The van der Waals surface area contributed by atoms with E-state index in [-0.39, 0.29) is 12.4 Å². The number of ether oxygens (including phenoxy) is 1. The van der Waals surface area contributed by atoms with Crippen molar-refractivity contribution < 1.29 is 17.9 Å². The van der Waals surface area contributed by atoms with Gasteiger partial charge in [-0.1, -0.05) is 15.9 Å². The molecule has 94 valence electrons. The molecule has 0 N–H and O–H groups in total. The van der Waals surface area contributed by atoms with Crippen LogP contribution in [0.1, 0.15) is 5.56 Å². The number of halogens is 4. The van der Waals surface area contributed by atoms with Crippen molar-refractivity contribution in [3.63, 3.8) is 0 Å². The quantitative estimate of drug-likeness (QED) is 0.813. The van der Waals surface area contributed by atoms with Gasteiger partial charge < -0.3 is 4.74 Å². The van der Waals surface area contributed by atoms with Crippen LogP contribution < -0.4 is 4.74 Å². The Hall–Kier alpha value is -1.49. The second-order valence-corrected chi connectivity index (χ2v) is 4.59. The summed E-state index contributed by atoms with van der Waals surface area (Å²) in [5, 5.41) is 0. The van der Waals surface area contributed by atoms with Crippen molar-refractivity contribution in [3.8, 4) is 5.75 Å². The number of hydrogen-bond acceptors (Lipinski definition) is 1. The molecular formula is C13H8BrF3O. The smallest absolute Gasteiger partial charge is 0.128 e. The number of hydrogen-bond donors (Lipinski definition) is 0. The van der Waals surface area contributed by atoms with Gasteiger partial charge in [-0.05, 0) is 29.8 Å². The first-order valence-electron chi connectivity index (χ1n) is 5.07. The highest BCUT2D eigenvalue weighted by molar-refractivity contribution is 9.10. The second kappa shape index (κ2) is 5.44. The van der Waals surface area contributed by atoms with Crippen LogP contribution in [0.25, 0.3) is 0 Å². The minimum absolute atomic E-state index is 0.0371. The van der Waals surface area contributed by atoms with E-state index in [1.54, 1.807) is 6.07 Å². The molecule has 0 saturated heterocycles. The Labute approximate surface area is 110 Å². The summed E-state index contributed by atoms with van der Waals surface area (Å²) in [5.74, 6) is -1.51. The van der Waals surface area contributed by atoms with E-state index in [2.05, 4.69) is 15.9 Å². The molecule has 0 aromatic heterocycles. The average molecular weight is 317 g/mol. The molecule has 0 unspecified atom stereocenters. The lowest BCUT2D eigenvalue weighted by Crippen LogP contribution is -1.97. The van der Waals surface area contributed by atoms with E-state index < -0.39 is 17.5 Å². The van der Waals surface area contributed by atoms with Crippen molar-refractivity contribution in [2.75, 3.05) is 0 Å². The Balaban J connectivity index is 2.11. The van der Waals surface area contributed by atoms with Gasteiger partial charge in [-0.15, -0.1) is 0 Å². The van der Waals surface area contributed by atoms with E-state index in [0.717, 1.165) is 18.2 Å². The largest absolute Gasteiger partial charge is 0.489 e. The van der Waals surface area contributed by atoms with Gasteiger partial charge in [0.05, 0.1) is 0 Å². The maximum atomic E-state index is 13.1. The highest BCUT2D eigenvalue weighted by Crippen LogP contribution is 2.21. The number of benzene rings is 2. The van der Waals surface area contributed by atoms with Gasteiger partial charge in [0.2, 0.25) is 0 Å². The number of rotatable bonds is 3. The molecule has 0 aliphatic rings. The Morgan fingerprint density at radius 2 is 1.44 bits per heavy atom. The highest BCUT2D eigenvalue weighted by atomic mass is 79.9. The predicted octanol–water partition coefficient (Wildman–Crippen LogP) is 4.45. The maximum absolute atomic E-state index is 13.1. The second-order valence-electron chi connectivity index (χ2n) is 3.67. The van der Waals surface area contributed by atoms with Crippen molar-refractivity contribution >= 4 is 15.9 Å². The van der Waals surface area contributed by atoms with Gasteiger partial charge in [0.25, 0.3) is 0 Å². The van der Waals surface area contributed by atoms with Crippen LogP contribution in [0, 0.1) is 17.5 Å². The molecule has 0 aliphatic carbocycles. The fraction of sp³-hybridized carbons (Fsp3) is 0.0769. The van der Waals surface area contributed by atoms with Crippen molar-refractivity contribution in [2.45, 2.75) is 6.61 Å². The fourth-order valence-corrected chi connectivity index (χ4v) is 1.92. The molecule has 2 aromatic carbocycles. The Morgan fingerprint density at radius 3 is 2.06 bits per heavy atom. The standard InChI is InChI=1S/C13H8BrF3O/c14-9-3-12(17)6-13(4-9)18-7-8-1-10(15)5-11(16)2-8/h1-6H,7H2. The van der Waals surface area contributed by atoms with Crippen molar-refractivity contribution in [3.05, 3.63) is 63.9 Å². The summed E-state index contributed by atoms with van der Waals surface area (Å²) in [6, 6.07) is 7.16. The first-order valence-corrected chi connectivity index (χ1v) is 5.86. The van der Waals surface area contributed by atoms with Crippen LogP contribution in [-0.2, 0) is 6.61 Å². The topological polar surface area (TPSA) is 9.23 Å². The predicted molar refractivity (Wildman–Crippen MR) is 64.8 cm³/mol. The lowest BCUT2D eigenvalue weighted by atomic mass is 10.2. The van der Waals surface area contributed by atoms with E-state index in [1.165, 1.54) is 12.1 Å². The summed E-state index contributed by atoms with van der Waals surface area (Å²) in [4.78, 5) is 0. The van der Waals surface area contributed by atoms with E-state index in [9.17, 15) is 13.2 Å². The minimum atomic E-state index is -0.672. The van der Waals surface area contributed by atoms with Gasteiger partial charge >= 0.3 is 0 Å². The van der Waals surface area contributed by atoms with Crippen LogP contribution in [0.3, 0.4) is 0 Å². The third-order valence-electron chi connectivity index (χ3n) is 2.16. The molecule has 0 radical (unpaired) electrons. The molecule has 0 atom stereocenters. The Morgan fingerprint density at radius 1 is 0.833 bits per heavy atom. The molecule has 1 nitrogen and oxygen atoms in total. The van der Waals surface area contributed by atoms with Gasteiger partial charge in [-0.25, -0.2) is 13.2 Å². The third kappa shape index (κ3) is 3.50. The van der Waals surface area contributed by atoms with Crippen LogP contribution in [0.15, 0.2) is 40.9 Å². The maximum Gasteiger partial charge on any atom is 0.128 e. The molecule has 0 amide bonds. The molecule has 0 aliphatic heterocycles. The van der Waals surface area contributed by atoms with Crippen molar-refractivity contribution in [1.82, 2.24) is 0 Å². The third-order valence-corrected chi connectivity index (χ3v) is 2.62. The molecule has 18 heavy (non-hydrogen) atoms. The van der Waals surface area contributed by atoms with Crippen LogP contribution in [0.5, 0.6) is 5.75 Å². The first-order chi connectivity index (χ1) is 8.52. The van der Waals surface area contributed by atoms with Crippen LogP contribution in [0.4, 0.5) is 13.2 Å². The van der Waals surface area contributed by atoms with Crippen LogP contribution >= 0.6 is 15.9 Å². The van der Waals surface area contributed by atoms with Crippen LogP contribution in [0.2, 0.25) is 0 Å². The summed E-state index contributed by atoms with van der Waals surface area (Å²) < 4.78 is 44.7. The molecule has 0 spiro atoms. The zero-order valence-corrected chi connectivity index (χ0v) is 10.7. The molecule has 0 saturated carbocycles. The van der Waals surface area contributed by atoms with Gasteiger partial charge in [0.15, 0.2) is 0 Å². The molecule has 2 aromatic rings. The van der Waals surface area contributed by atoms with Gasteiger partial charge in [0.1, 0.15) is 29.8 Å². The summed E-state index contributed by atoms with van der Waals surface area (Å²) in [6.45, 7) is -0.0371. The summed E-state index contributed by atoms with van der Waals surface area (Å²) in [7, 11) is 0. The highest BCUT2D eigenvalue weighted by Gasteiger charge is 2.03. The zero-order chi connectivity index (χ0) is 13.1. The van der Waals surface area contributed by atoms with Gasteiger partial charge in [0, 0.05) is 16.6 Å². The van der Waals surface area contributed by atoms with E-state index >= 15 is 0 Å². The molecule has 0 fully saturated rings. The van der Waals surface area contributed by atoms with Crippen molar-refractivity contribution in [2.24, 2.45) is 0 Å². The Kier molecular flexibility index (Phi) is 3.91.